The number of pyridine rings is 1. The molecule has 82 valence electrons. The van der Waals surface area contributed by atoms with Crippen LogP contribution in [0.2, 0.25) is 5.02 Å². The van der Waals surface area contributed by atoms with Gasteiger partial charge >= 0.3 is 0 Å². The van der Waals surface area contributed by atoms with Crippen LogP contribution in [0.3, 0.4) is 0 Å². The zero-order chi connectivity index (χ0) is 10.8. The SMILES string of the molecule is CN(CC1CC(Cl)C1)c1ccc(Cl)cn1. The first-order valence-electron chi connectivity index (χ1n) is 5.12. The zero-order valence-electron chi connectivity index (χ0n) is 8.66. The monoisotopic (exact) mass is 244 g/mol. The Hall–Kier alpha value is -0.470. The third kappa shape index (κ3) is 2.76. The van der Waals surface area contributed by atoms with Crippen molar-refractivity contribution in [2.24, 2.45) is 5.92 Å². The van der Waals surface area contributed by atoms with Crippen molar-refractivity contribution in [3.05, 3.63) is 23.4 Å². The minimum absolute atomic E-state index is 0.390. The van der Waals surface area contributed by atoms with Crippen LogP contribution in [0.15, 0.2) is 18.3 Å². The van der Waals surface area contributed by atoms with E-state index >= 15 is 0 Å². The van der Waals surface area contributed by atoms with Crippen molar-refractivity contribution in [1.82, 2.24) is 4.98 Å². The van der Waals surface area contributed by atoms with Gasteiger partial charge in [-0.15, -0.1) is 11.6 Å². The highest BCUT2D eigenvalue weighted by molar-refractivity contribution is 6.30. The molecule has 2 nitrogen and oxygen atoms in total. The van der Waals surface area contributed by atoms with Crippen molar-refractivity contribution in [1.29, 1.82) is 0 Å². The van der Waals surface area contributed by atoms with Gasteiger partial charge in [-0.05, 0) is 30.9 Å². The Kier molecular flexibility index (Phi) is 3.37. The Labute approximate surface area is 100 Å². The molecule has 1 aromatic heterocycles. The van der Waals surface area contributed by atoms with Gasteiger partial charge in [0, 0.05) is 25.2 Å². The van der Waals surface area contributed by atoms with Gasteiger partial charge in [-0.2, -0.15) is 0 Å². The van der Waals surface area contributed by atoms with Gasteiger partial charge in [0.25, 0.3) is 0 Å². The standard InChI is InChI=1S/C11H14Cl2N2/c1-15(7-8-4-10(13)5-8)11-3-2-9(12)6-14-11/h2-3,6,8,10H,4-5,7H2,1H3. The van der Waals surface area contributed by atoms with Crippen LogP contribution in [0.1, 0.15) is 12.8 Å². The predicted molar refractivity (Wildman–Crippen MR) is 64.9 cm³/mol. The highest BCUT2D eigenvalue weighted by Gasteiger charge is 2.28. The summed E-state index contributed by atoms with van der Waals surface area (Å²) in [6, 6.07) is 3.81. The van der Waals surface area contributed by atoms with Crippen LogP contribution < -0.4 is 4.90 Å². The van der Waals surface area contributed by atoms with Gasteiger partial charge in [0.15, 0.2) is 0 Å². The summed E-state index contributed by atoms with van der Waals surface area (Å²) in [7, 11) is 2.05. The molecule has 0 N–H and O–H groups in total. The molecule has 0 aliphatic heterocycles. The van der Waals surface area contributed by atoms with E-state index in [9.17, 15) is 0 Å². The number of hydrogen-bond donors (Lipinski definition) is 0. The lowest BCUT2D eigenvalue weighted by atomic mass is 9.84. The van der Waals surface area contributed by atoms with Crippen molar-refractivity contribution < 1.29 is 0 Å². The fourth-order valence-corrected chi connectivity index (χ4v) is 2.49. The van der Waals surface area contributed by atoms with Gasteiger partial charge in [0.1, 0.15) is 5.82 Å². The lowest BCUT2D eigenvalue weighted by Crippen LogP contribution is -2.35. The number of halogens is 2. The maximum atomic E-state index is 5.94. The van der Waals surface area contributed by atoms with Crippen LogP contribution in [0.4, 0.5) is 5.82 Å². The average Bonchev–Trinajstić information content (AvgIpc) is 2.16. The Morgan fingerprint density at radius 3 is 2.73 bits per heavy atom. The summed E-state index contributed by atoms with van der Waals surface area (Å²) in [5, 5.41) is 1.07. The molecular weight excluding hydrogens is 231 g/mol. The molecule has 1 aliphatic rings. The molecule has 1 saturated carbocycles. The molecule has 0 radical (unpaired) electrons. The third-order valence-corrected chi connectivity index (χ3v) is 3.39. The van der Waals surface area contributed by atoms with Gasteiger partial charge in [-0.3, -0.25) is 0 Å². The second-order valence-corrected chi connectivity index (χ2v) is 5.20. The summed E-state index contributed by atoms with van der Waals surface area (Å²) in [6.07, 6.45) is 3.93. The molecule has 0 aromatic carbocycles. The molecule has 0 unspecified atom stereocenters. The molecular formula is C11H14Cl2N2. The smallest absolute Gasteiger partial charge is 0.128 e. The zero-order valence-corrected chi connectivity index (χ0v) is 10.2. The first kappa shape index (κ1) is 11.0. The Morgan fingerprint density at radius 2 is 2.20 bits per heavy atom. The molecule has 2 rings (SSSR count). The molecule has 0 spiro atoms. The van der Waals surface area contributed by atoms with E-state index in [2.05, 4.69) is 16.9 Å². The van der Waals surface area contributed by atoms with Crippen LogP contribution in [-0.2, 0) is 0 Å². The summed E-state index contributed by atoms with van der Waals surface area (Å²) < 4.78 is 0. The largest absolute Gasteiger partial charge is 0.359 e. The van der Waals surface area contributed by atoms with Gasteiger partial charge in [-0.1, -0.05) is 11.6 Å². The van der Waals surface area contributed by atoms with Crippen LogP contribution in [0.25, 0.3) is 0 Å². The van der Waals surface area contributed by atoms with E-state index in [1.165, 1.54) is 0 Å². The minimum Gasteiger partial charge on any atom is -0.359 e. The molecule has 1 aromatic rings. The number of nitrogens with zero attached hydrogens (tertiary/aromatic N) is 2. The van der Waals surface area contributed by atoms with Gasteiger partial charge in [-0.25, -0.2) is 4.98 Å². The first-order valence-corrected chi connectivity index (χ1v) is 5.93. The van der Waals surface area contributed by atoms with Gasteiger partial charge in [0.2, 0.25) is 0 Å². The van der Waals surface area contributed by atoms with E-state index in [1.807, 2.05) is 12.1 Å². The number of anilines is 1. The third-order valence-electron chi connectivity index (χ3n) is 2.81. The Balaban J connectivity index is 1.90. The Bertz CT molecular complexity index is 320. The lowest BCUT2D eigenvalue weighted by molar-refractivity contribution is 0.328. The number of alkyl halides is 1. The highest BCUT2D eigenvalue weighted by Crippen LogP contribution is 2.32. The van der Waals surface area contributed by atoms with Gasteiger partial charge in [0.05, 0.1) is 5.02 Å². The van der Waals surface area contributed by atoms with Crippen LogP contribution >= 0.6 is 23.2 Å². The molecule has 1 fully saturated rings. The molecule has 0 atom stereocenters. The van der Waals surface area contributed by atoms with Crippen molar-refractivity contribution in [2.45, 2.75) is 18.2 Å². The number of hydrogen-bond acceptors (Lipinski definition) is 2. The second kappa shape index (κ2) is 4.58. The molecule has 1 heterocycles. The minimum atomic E-state index is 0.390. The van der Waals surface area contributed by atoms with Crippen molar-refractivity contribution in [2.75, 3.05) is 18.5 Å². The molecule has 4 heteroatoms. The maximum absolute atomic E-state index is 5.94. The fourth-order valence-electron chi connectivity index (χ4n) is 1.88. The topological polar surface area (TPSA) is 16.1 Å². The highest BCUT2D eigenvalue weighted by atomic mass is 35.5. The summed E-state index contributed by atoms with van der Waals surface area (Å²) in [5.41, 5.74) is 0. The van der Waals surface area contributed by atoms with Crippen LogP contribution in [0.5, 0.6) is 0 Å². The normalized spacial score (nSPS) is 24.7. The Morgan fingerprint density at radius 1 is 1.47 bits per heavy atom. The van der Waals surface area contributed by atoms with Crippen LogP contribution in [0, 0.1) is 5.92 Å². The number of aromatic nitrogens is 1. The summed E-state index contributed by atoms with van der Waals surface area (Å²) in [6.45, 7) is 1.03. The van der Waals surface area contributed by atoms with Crippen LogP contribution in [-0.4, -0.2) is 24.0 Å². The van der Waals surface area contributed by atoms with E-state index in [4.69, 9.17) is 23.2 Å². The lowest BCUT2D eigenvalue weighted by Gasteiger charge is -2.34. The number of rotatable bonds is 3. The molecule has 1 aliphatic carbocycles. The maximum Gasteiger partial charge on any atom is 0.128 e. The summed E-state index contributed by atoms with van der Waals surface area (Å²) in [4.78, 5) is 6.43. The fraction of sp³-hybridized carbons (Fsp3) is 0.545. The van der Waals surface area contributed by atoms with E-state index in [0.29, 0.717) is 10.4 Å². The van der Waals surface area contributed by atoms with E-state index in [1.54, 1.807) is 6.20 Å². The molecule has 0 amide bonds. The molecule has 0 bridgehead atoms. The predicted octanol–water partition coefficient (Wildman–Crippen LogP) is 3.19. The molecule has 0 saturated heterocycles. The second-order valence-electron chi connectivity index (χ2n) is 4.15. The van der Waals surface area contributed by atoms with E-state index < -0.39 is 0 Å². The summed E-state index contributed by atoms with van der Waals surface area (Å²) >= 11 is 11.7. The van der Waals surface area contributed by atoms with Crippen molar-refractivity contribution in [3.8, 4) is 0 Å². The van der Waals surface area contributed by atoms with E-state index in [0.717, 1.165) is 31.1 Å². The average molecular weight is 245 g/mol. The molecule has 15 heavy (non-hydrogen) atoms. The summed E-state index contributed by atoms with van der Waals surface area (Å²) in [5.74, 6) is 1.69. The van der Waals surface area contributed by atoms with E-state index in [-0.39, 0.29) is 0 Å². The van der Waals surface area contributed by atoms with Crippen molar-refractivity contribution >= 4 is 29.0 Å². The quantitative estimate of drug-likeness (QED) is 0.760. The van der Waals surface area contributed by atoms with Crippen molar-refractivity contribution in [3.63, 3.8) is 0 Å². The van der Waals surface area contributed by atoms with Gasteiger partial charge < -0.3 is 4.90 Å². The first-order chi connectivity index (χ1) is 7.15.